The van der Waals surface area contributed by atoms with E-state index in [-0.39, 0.29) is 6.61 Å². The molecule has 31 heavy (non-hydrogen) atoms. The predicted octanol–water partition coefficient (Wildman–Crippen LogP) is 1.75. The molecular weight excluding hydrogens is 402 g/mol. The summed E-state index contributed by atoms with van der Waals surface area (Å²) in [6.07, 6.45) is 0.442. The lowest BCUT2D eigenvalue weighted by Crippen LogP contribution is -2.64. The van der Waals surface area contributed by atoms with Crippen LogP contribution in [0, 0.1) is 0 Å². The van der Waals surface area contributed by atoms with Gasteiger partial charge >= 0.3 is 12.1 Å². The van der Waals surface area contributed by atoms with Crippen LogP contribution in [-0.2, 0) is 30.5 Å². The number of likely N-dealkylation sites (tertiary alicyclic amines) is 1. The first-order valence-corrected chi connectivity index (χ1v) is 10.2. The zero-order chi connectivity index (χ0) is 23.2. The number of benzene rings is 1. The molecule has 0 radical (unpaired) electrons. The van der Waals surface area contributed by atoms with E-state index in [2.05, 4.69) is 10.6 Å². The summed E-state index contributed by atoms with van der Waals surface area (Å²) < 4.78 is 9.95. The van der Waals surface area contributed by atoms with Gasteiger partial charge in [0.05, 0.1) is 7.11 Å². The van der Waals surface area contributed by atoms with Crippen LogP contribution >= 0.6 is 0 Å². The molecule has 0 saturated carbocycles. The minimum atomic E-state index is -1.34. The molecular formula is C22H31N3O6. The third-order valence-corrected chi connectivity index (χ3v) is 5.14. The summed E-state index contributed by atoms with van der Waals surface area (Å²) in [5, 5.41) is 5.20. The Morgan fingerprint density at radius 3 is 2.29 bits per heavy atom. The molecule has 2 rings (SSSR count). The van der Waals surface area contributed by atoms with Crippen LogP contribution < -0.4 is 10.6 Å². The second-order valence-electron chi connectivity index (χ2n) is 8.57. The van der Waals surface area contributed by atoms with Gasteiger partial charge in [-0.1, -0.05) is 30.3 Å². The molecule has 9 heteroatoms. The molecule has 9 nitrogen and oxygen atoms in total. The predicted molar refractivity (Wildman–Crippen MR) is 113 cm³/mol. The second-order valence-corrected chi connectivity index (χ2v) is 8.57. The SMILES string of the molecule is COC(=O)[C@@H]1CCCN1C(=O)C(C)(C)NC(=O)C(C)(C)NC(=O)OCc1ccccc1. The van der Waals surface area contributed by atoms with Gasteiger partial charge in [-0.05, 0) is 46.1 Å². The zero-order valence-electron chi connectivity index (χ0n) is 18.7. The van der Waals surface area contributed by atoms with Gasteiger partial charge in [-0.15, -0.1) is 0 Å². The number of carbonyl (C=O) groups excluding carboxylic acids is 4. The van der Waals surface area contributed by atoms with Crippen LogP contribution in [-0.4, -0.2) is 59.6 Å². The standard InChI is InChI=1S/C22H31N3O6/c1-21(2,24-20(29)31-14-15-10-7-6-8-11-15)18(27)23-22(3,4)19(28)25-13-9-12-16(25)17(26)30-5/h6-8,10-11,16H,9,12-14H2,1-5H3,(H,23,27)(H,24,29)/t16-/m0/s1. The lowest BCUT2D eigenvalue weighted by atomic mass is 9.98. The Balaban J connectivity index is 1.96. The first-order chi connectivity index (χ1) is 14.5. The smallest absolute Gasteiger partial charge is 0.408 e. The molecule has 0 bridgehead atoms. The summed E-state index contributed by atoms with van der Waals surface area (Å²) in [6, 6.07) is 8.50. The van der Waals surface area contributed by atoms with Crippen molar-refractivity contribution in [2.24, 2.45) is 0 Å². The molecule has 1 saturated heterocycles. The van der Waals surface area contributed by atoms with Gasteiger partial charge in [-0.25, -0.2) is 9.59 Å². The Kier molecular flexibility index (Phi) is 7.65. The van der Waals surface area contributed by atoms with E-state index >= 15 is 0 Å². The molecule has 1 aromatic rings. The monoisotopic (exact) mass is 433 g/mol. The molecule has 0 unspecified atom stereocenters. The van der Waals surface area contributed by atoms with Crippen molar-refractivity contribution < 1.29 is 28.7 Å². The van der Waals surface area contributed by atoms with Crippen molar-refractivity contribution >= 4 is 23.9 Å². The fourth-order valence-electron chi connectivity index (χ4n) is 3.31. The number of nitrogens with zero attached hydrogens (tertiary/aromatic N) is 1. The van der Waals surface area contributed by atoms with Crippen LogP contribution in [0.3, 0.4) is 0 Å². The minimum Gasteiger partial charge on any atom is -0.467 e. The van der Waals surface area contributed by atoms with E-state index in [0.717, 1.165) is 5.56 Å². The largest absolute Gasteiger partial charge is 0.467 e. The van der Waals surface area contributed by atoms with Crippen molar-refractivity contribution in [2.75, 3.05) is 13.7 Å². The maximum atomic E-state index is 13.0. The van der Waals surface area contributed by atoms with Crippen molar-refractivity contribution in [2.45, 2.75) is 64.3 Å². The summed E-state index contributed by atoms with van der Waals surface area (Å²) in [6.45, 7) is 6.62. The highest BCUT2D eigenvalue weighted by Crippen LogP contribution is 2.23. The molecule has 0 spiro atoms. The first kappa shape index (κ1) is 24.2. The molecule has 1 fully saturated rings. The molecule has 0 aromatic heterocycles. The van der Waals surface area contributed by atoms with Crippen LogP contribution in [0.4, 0.5) is 4.79 Å². The van der Waals surface area contributed by atoms with Crippen LogP contribution in [0.15, 0.2) is 30.3 Å². The van der Waals surface area contributed by atoms with Gasteiger partial charge in [0.2, 0.25) is 11.8 Å². The van der Waals surface area contributed by atoms with E-state index in [1.54, 1.807) is 13.8 Å². The molecule has 170 valence electrons. The zero-order valence-corrected chi connectivity index (χ0v) is 18.7. The Labute approximate surface area is 182 Å². The molecule has 1 aromatic carbocycles. The highest BCUT2D eigenvalue weighted by molar-refractivity contribution is 5.96. The second kappa shape index (κ2) is 9.80. The summed E-state index contributed by atoms with van der Waals surface area (Å²) in [5.74, 6) is -1.43. The number of carbonyl (C=O) groups is 4. The van der Waals surface area contributed by atoms with Crippen LogP contribution in [0.2, 0.25) is 0 Å². The Morgan fingerprint density at radius 1 is 1.03 bits per heavy atom. The lowest BCUT2D eigenvalue weighted by molar-refractivity contribution is -0.153. The van der Waals surface area contributed by atoms with Gasteiger partial charge < -0.3 is 25.0 Å². The van der Waals surface area contributed by atoms with Crippen molar-refractivity contribution in [3.8, 4) is 0 Å². The van der Waals surface area contributed by atoms with Crippen molar-refractivity contribution in [1.29, 1.82) is 0 Å². The average Bonchev–Trinajstić information content (AvgIpc) is 3.21. The van der Waals surface area contributed by atoms with Crippen LogP contribution in [0.1, 0.15) is 46.1 Å². The van der Waals surface area contributed by atoms with E-state index in [0.29, 0.717) is 19.4 Å². The number of hydrogen-bond donors (Lipinski definition) is 2. The fraction of sp³-hybridized carbons (Fsp3) is 0.545. The Bertz CT molecular complexity index is 822. The fourth-order valence-corrected chi connectivity index (χ4v) is 3.31. The first-order valence-electron chi connectivity index (χ1n) is 10.2. The van der Waals surface area contributed by atoms with Gasteiger partial charge in [0.15, 0.2) is 0 Å². The number of rotatable bonds is 7. The van der Waals surface area contributed by atoms with Crippen LogP contribution in [0.25, 0.3) is 0 Å². The van der Waals surface area contributed by atoms with E-state index in [4.69, 9.17) is 9.47 Å². The van der Waals surface area contributed by atoms with Gasteiger partial charge in [0.1, 0.15) is 23.7 Å². The average molecular weight is 434 g/mol. The van der Waals surface area contributed by atoms with Gasteiger partial charge in [0.25, 0.3) is 0 Å². The normalized spacial score (nSPS) is 16.4. The number of esters is 1. The lowest BCUT2D eigenvalue weighted by Gasteiger charge is -2.35. The highest BCUT2D eigenvalue weighted by Gasteiger charge is 2.43. The van der Waals surface area contributed by atoms with E-state index in [9.17, 15) is 19.2 Å². The highest BCUT2D eigenvalue weighted by atomic mass is 16.5. The summed E-state index contributed by atoms with van der Waals surface area (Å²) in [5.41, 5.74) is -1.81. The molecule has 1 heterocycles. The quantitative estimate of drug-likeness (QED) is 0.634. The summed E-state index contributed by atoms with van der Waals surface area (Å²) in [4.78, 5) is 51.4. The maximum Gasteiger partial charge on any atom is 0.408 e. The molecule has 2 N–H and O–H groups in total. The third-order valence-electron chi connectivity index (χ3n) is 5.14. The van der Waals surface area contributed by atoms with Crippen molar-refractivity contribution in [3.63, 3.8) is 0 Å². The molecule has 1 aliphatic rings. The van der Waals surface area contributed by atoms with E-state index in [1.165, 1.54) is 25.9 Å². The topological polar surface area (TPSA) is 114 Å². The van der Waals surface area contributed by atoms with E-state index < -0.39 is 41.0 Å². The third kappa shape index (κ3) is 6.19. The Hall–Kier alpha value is -3.10. The number of ether oxygens (including phenoxy) is 2. The number of methoxy groups -OCH3 is 1. The molecule has 3 amide bonds. The molecule has 1 atom stereocenters. The maximum absolute atomic E-state index is 13.0. The Morgan fingerprint density at radius 2 is 1.68 bits per heavy atom. The molecule has 0 aliphatic carbocycles. The van der Waals surface area contributed by atoms with Gasteiger partial charge in [-0.2, -0.15) is 0 Å². The number of hydrogen-bond acceptors (Lipinski definition) is 6. The van der Waals surface area contributed by atoms with Crippen molar-refractivity contribution in [1.82, 2.24) is 15.5 Å². The van der Waals surface area contributed by atoms with Crippen LogP contribution in [0.5, 0.6) is 0 Å². The van der Waals surface area contributed by atoms with E-state index in [1.807, 2.05) is 30.3 Å². The van der Waals surface area contributed by atoms with Crippen molar-refractivity contribution in [3.05, 3.63) is 35.9 Å². The minimum absolute atomic E-state index is 0.0677. The molecule has 1 aliphatic heterocycles. The number of nitrogens with one attached hydrogen (secondary N) is 2. The number of amides is 3. The summed E-state index contributed by atoms with van der Waals surface area (Å²) >= 11 is 0. The summed E-state index contributed by atoms with van der Waals surface area (Å²) in [7, 11) is 1.28. The van der Waals surface area contributed by atoms with Gasteiger partial charge in [-0.3, -0.25) is 9.59 Å². The van der Waals surface area contributed by atoms with Gasteiger partial charge in [0, 0.05) is 6.54 Å². The number of alkyl carbamates (subject to hydrolysis) is 1.